The van der Waals surface area contributed by atoms with Crippen LogP contribution in [0.5, 0.6) is 0 Å². The maximum Gasteiger partial charge on any atom is 0.225 e. The Kier molecular flexibility index (Phi) is 4.68. The molecule has 1 saturated heterocycles. The van der Waals surface area contributed by atoms with Crippen molar-refractivity contribution in [2.45, 2.75) is 38.8 Å². The van der Waals surface area contributed by atoms with E-state index in [0.717, 1.165) is 44.0 Å². The van der Waals surface area contributed by atoms with Crippen molar-refractivity contribution in [1.29, 1.82) is 0 Å². The maximum absolute atomic E-state index is 12.2. The van der Waals surface area contributed by atoms with E-state index in [1.165, 1.54) is 4.88 Å². The molecular formula is C16H26N4OS. The van der Waals surface area contributed by atoms with Gasteiger partial charge < -0.3 is 15.1 Å². The molecule has 1 aliphatic carbocycles. The van der Waals surface area contributed by atoms with Crippen LogP contribution in [0.4, 0.5) is 5.13 Å². The van der Waals surface area contributed by atoms with Crippen molar-refractivity contribution >= 4 is 22.4 Å². The van der Waals surface area contributed by atoms with Crippen LogP contribution in [-0.4, -0.2) is 49.0 Å². The van der Waals surface area contributed by atoms with E-state index in [1.807, 2.05) is 25.2 Å². The standard InChI is InChI=1S/C16H26N4OS/c1-11-10-20(15(21)12-4-5-12)7-6-14(11)17-8-13-9-18-16(22-13)19(2)3/h9,11-12,14,17H,4-8,10H2,1-3H3/t11-,14-/m1/s1. The number of likely N-dealkylation sites (tertiary alicyclic amines) is 1. The fourth-order valence-corrected chi connectivity index (χ4v) is 3.84. The average molecular weight is 322 g/mol. The summed E-state index contributed by atoms with van der Waals surface area (Å²) in [6.45, 7) is 4.93. The van der Waals surface area contributed by atoms with Crippen molar-refractivity contribution < 1.29 is 4.79 Å². The molecular weight excluding hydrogens is 296 g/mol. The van der Waals surface area contributed by atoms with Crippen molar-refractivity contribution in [2.24, 2.45) is 11.8 Å². The van der Waals surface area contributed by atoms with Gasteiger partial charge in [0, 0.05) is 56.8 Å². The zero-order valence-electron chi connectivity index (χ0n) is 13.7. The topological polar surface area (TPSA) is 48.5 Å². The molecule has 0 radical (unpaired) electrons. The van der Waals surface area contributed by atoms with Gasteiger partial charge in [0.25, 0.3) is 0 Å². The van der Waals surface area contributed by atoms with Crippen LogP contribution in [0.2, 0.25) is 0 Å². The summed E-state index contributed by atoms with van der Waals surface area (Å²) in [6.07, 6.45) is 5.22. The molecule has 5 nitrogen and oxygen atoms in total. The smallest absolute Gasteiger partial charge is 0.225 e. The third-order valence-electron chi connectivity index (χ3n) is 4.61. The number of piperidine rings is 1. The van der Waals surface area contributed by atoms with Crippen LogP contribution in [-0.2, 0) is 11.3 Å². The van der Waals surface area contributed by atoms with Gasteiger partial charge in [-0.3, -0.25) is 4.79 Å². The van der Waals surface area contributed by atoms with Crippen molar-refractivity contribution in [3.05, 3.63) is 11.1 Å². The second-order valence-electron chi connectivity index (χ2n) is 6.82. The van der Waals surface area contributed by atoms with E-state index in [1.54, 1.807) is 11.3 Å². The second-order valence-corrected chi connectivity index (χ2v) is 7.91. The molecule has 0 bridgehead atoms. The third-order valence-corrected chi connectivity index (χ3v) is 5.77. The Morgan fingerprint density at radius 2 is 2.23 bits per heavy atom. The highest BCUT2D eigenvalue weighted by Crippen LogP contribution is 2.32. The van der Waals surface area contributed by atoms with E-state index in [4.69, 9.17) is 0 Å². The first-order chi connectivity index (χ1) is 10.5. The Morgan fingerprint density at radius 1 is 1.45 bits per heavy atom. The van der Waals surface area contributed by atoms with Crippen molar-refractivity contribution in [2.75, 3.05) is 32.1 Å². The molecule has 1 N–H and O–H groups in total. The number of hydrogen-bond donors (Lipinski definition) is 1. The Balaban J connectivity index is 1.48. The highest BCUT2D eigenvalue weighted by atomic mass is 32.1. The lowest BCUT2D eigenvalue weighted by atomic mass is 9.93. The number of amides is 1. The van der Waals surface area contributed by atoms with E-state index in [2.05, 4.69) is 22.1 Å². The van der Waals surface area contributed by atoms with Crippen molar-refractivity contribution in [3.63, 3.8) is 0 Å². The zero-order valence-corrected chi connectivity index (χ0v) is 14.5. The SMILES string of the molecule is C[C@@H]1CN(C(=O)C2CC2)CC[C@H]1NCc1cnc(N(C)C)s1. The normalized spacial score (nSPS) is 25.3. The maximum atomic E-state index is 12.2. The minimum Gasteiger partial charge on any atom is -0.354 e. The molecule has 1 amide bonds. The van der Waals surface area contributed by atoms with Crippen molar-refractivity contribution in [3.8, 4) is 0 Å². The molecule has 1 aliphatic heterocycles. The number of nitrogens with zero attached hydrogens (tertiary/aromatic N) is 3. The summed E-state index contributed by atoms with van der Waals surface area (Å²) in [4.78, 5) is 22.0. The first-order valence-electron chi connectivity index (χ1n) is 8.19. The summed E-state index contributed by atoms with van der Waals surface area (Å²) < 4.78 is 0. The first-order valence-corrected chi connectivity index (χ1v) is 9.00. The van der Waals surface area contributed by atoms with Gasteiger partial charge in [-0.25, -0.2) is 4.98 Å². The molecule has 2 fully saturated rings. The summed E-state index contributed by atoms with van der Waals surface area (Å²) in [5, 5.41) is 4.71. The van der Waals surface area contributed by atoms with Crippen LogP contribution in [0, 0.1) is 11.8 Å². The van der Waals surface area contributed by atoms with E-state index in [0.29, 0.717) is 23.8 Å². The predicted octanol–water partition coefficient (Wildman–Crippen LogP) is 1.95. The highest BCUT2D eigenvalue weighted by molar-refractivity contribution is 7.15. The minimum absolute atomic E-state index is 0.346. The van der Waals surface area contributed by atoms with Gasteiger partial charge in [-0.05, 0) is 25.2 Å². The summed E-state index contributed by atoms with van der Waals surface area (Å²) in [7, 11) is 4.04. The quantitative estimate of drug-likeness (QED) is 0.900. The lowest BCUT2D eigenvalue weighted by Crippen LogP contribution is -2.50. The number of thiazole rings is 1. The summed E-state index contributed by atoms with van der Waals surface area (Å²) >= 11 is 1.74. The van der Waals surface area contributed by atoms with E-state index >= 15 is 0 Å². The largest absolute Gasteiger partial charge is 0.354 e. The van der Waals surface area contributed by atoms with Crippen LogP contribution in [0.25, 0.3) is 0 Å². The molecule has 1 aromatic rings. The molecule has 0 unspecified atom stereocenters. The number of hydrogen-bond acceptors (Lipinski definition) is 5. The van der Waals surface area contributed by atoms with Gasteiger partial charge in [-0.1, -0.05) is 6.92 Å². The number of carbonyl (C=O) groups is 1. The fraction of sp³-hybridized carbons (Fsp3) is 0.750. The molecule has 3 rings (SSSR count). The molecule has 6 heteroatoms. The predicted molar refractivity (Wildman–Crippen MR) is 90.2 cm³/mol. The third kappa shape index (κ3) is 3.60. The highest BCUT2D eigenvalue weighted by Gasteiger charge is 2.36. The van der Waals surface area contributed by atoms with Gasteiger partial charge in [0.05, 0.1) is 0 Å². The molecule has 122 valence electrons. The van der Waals surface area contributed by atoms with Gasteiger partial charge in [0.1, 0.15) is 0 Å². The van der Waals surface area contributed by atoms with E-state index in [-0.39, 0.29) is 0 Å². The molecule has 2 aliphatic rings. The molecule has 1 aromatic heterocycles. The van der Waals surface area contributed by atoms with Gasteiger partial charge in [-0.15, -0.1) is 11.3 Å². The summed E-state index contributed by atoms with van der Waals surface area (Å²) in [5.74, 6) is 1.25. The van der Waals surface area contributed by atoms with Crippen LogP contribution < -0.4 is 10.2 Å². The van der Waals surface area contributed by atoms with E-state index in [9.17, 15) is 4.79 Å². The van der Waals surface area contributed by atoms with Crippen LogP contribution >= 0.6 is 11.3 Å². The Labute approximate surface area is 136 Å². The monoisotopic (exact) mass is 322 g/mol. The van der Waals surface area contributed by atoms with E-state index < -0.39 is 0 Å². The Morgan fingerprint density at radius 3 is 2.82 bits per heavy atom. The number of rotatable bonds is 5. The second kappa shape index (κ2) is 6.54. The number of nitrogens with one attached hydrogen (secondary N) is 1. The van der Waals surface area contributed by atoms with Gasteiger partial charge in [0.15, 0.2) is 5.13 Å². The lowest BCUT2D eigenvalue weighted by Gasteiger charge is -2.37. The van der Waals surface area contributed by atoms with Crippen LogP contribution in [0.15, 0.2) is 6.20 Å². The Hall–Kier alpha value is -1.14. The molecule has 1 saturated carbocycles. The summed E-state index contributed by atoms with van der Waals surface area (Å²) in [5.41, 5.74) is 0. The molecule has 22 heavy (non-hydrogen) atoms. The van der Waals surface area contributed by atoms with Gasteiger partial charge in [-0.2, -0.15) is 0 Å². The van der Waals surface area contributed by atoms with Crippen LogP contribution in [0.3, 0.4) is 0 Å². The van der Waals surface area contributed by atoms with Gasteiger partial charge >= 0.3 is 0 Å². The molecule has 0 spiro atoms. The fourth-order valence-electron chi connectivity index (χ4n) is 3.05. The minimum atomic E-state index is 0.346. The molecule has 0 aromatic carbocycles. The lowest BCUT2D eigenvalue weighted by molar-refractivity contribution is -0.134. The van der Waals surface area contributed by atoms with Crippen LogP contribution in [0.1, 0.15) is 31.1 Å². The average Bonchev–Trinajstić information content (AvgIpc) is 3.23. The number of anilines is 1. The molecule has 2 heterocycles. The zero-order chi connectivity index (χ0) is 15.7. The first kappa shape index (κ1) is 15.7. The Bertz CT molecular complexity index is 526. The molecule has 2 atom stereocenters. The number of aromatic nitrogens is 1. The van der Waals surface area contributed by atoms with Gasteiger partial charge in [0.2, 0.25) is 5.91 Å². The summed E-state index contributed by atoms with van der Waals surface area (Å²) in [6, 6.07) is 0.494. The van der Waals surface area contributed by atoms with Crippen molar-refractivity contribution in [1.82, 2.24) is 15.2 Å². The number of carbonyl (C=O) groups excluding carboxylic acids is 1.